The van der Waals surface area contributed by atoms with Crippen molar-refractivity contribution in [3.8, 4) is 0 Å². The second-order valence-electron chi connectivity index (χ2n) is 5.47. The predicted octanol–water partition coefficient (Wildman–Crippen LogP) is 3.55. The van der Waals surface area contributed by atoms with Gasteiger partial charge in [-0.2, -0.15) is 0 Å². The Bertz CT molecular complexity index is 780. The minimum atomic E-state index is -0.0848. The Hall–Kier alpha value is -2.39. The molecule has 0 fully saturated rings. The number of aryl methyl sites for hydroxylation is 2. The van der Waals surface area contributed by atoms with Crippen LogP contribution in [0.2, 0.25) is 0 Å². The van der Waals surface area contributed by atoms with Crippen LogP contribution in [0, 0.1) is 0 Å². The number of anilines is 2. The van der Waals surface area contributed by atoms with E-state index in [-0.39, 0.29) is 5.91 Å². The number of hydrogen-bond donors (Lipinski definition) is 2. The Kier molecular flexibility index (Phi) is 8.10. The summed E-state index contributed by atoms with van der Waals surface area (Å²) < 4.78 is 0. The number of rotatable bonds is 11. The van der Waals surface area contributed by atoms with Gasteiger partial charge in [0.05, 0.1) is 0 Å². The molecular weight excluding hydrogens is 368 g/mol. The molecule has 0 aromatic carbocycles. The average molecular weight is 391 g/mol. The zero-order valence-electron chi connectivity index (χ0n) is 14.5. The summed E-state index contributed by atoms with van der Waals surface area (Å²) in [5.41, 5.74) is 6.54. The van der Waals surface area contributed by atoms with Crippen molar-refractivity contribution in [2.24, 2.45) is 0 Å². The summed E-state index contributed by atoms with van der Waals surface area (Å²) in [5.74, 6) is -0.0848. The maximum atomic E-state index is 12.0. The van der Waals surface area contributed by atoms with Gasteiger partial charge in [0.15, 0.2) is 0 Å². The topological polar surface area (TPSA) is 107 Å². The molecule has 3 N–H and O–H groups in total. The van der Waals surface area contributed by atoms with Crippen LogP contribution in [0.4, 0.5) is 10.3 Å². The van der Waals surface area contributed by atoms with Gasteiger partial charge in [-0.3, -0.25) is 4.79 Å². The van der Waals surface area contributed by atoms with E-state index in [0.717, 1.165) is 41.3 Å². The van der Waals surface area contributed by atoms with E-state index >= 15 is 0 Å². The molecule has 2 heterocycles. The van der Waals surface area contributed by atoms with Crippen molar-refractivity contribution in [2.75, 3.05) is 11.1 Å². The van der Waals surface area contributed by atoms with Gasteiger partial charge in [-0.1, -0.05) is 54.1 Å². The lowest BCUT2D eigenvalue weighted by molar-refractivity contribution is -0.116. The number of carbonyl (C=O) groups excluding carboxylic acids is 1. The summed E-state index contributed by atoms with van der Waals surface area (Å²) >= 11 is 2.83. The number of nitrogens with two attached hydrogens (primary N) is 1. The van der Waals surface area contributed by atoms with Crippen LogP contribution in [0.3, 0.4) is 0 Å². The highest BCUT2D eigenvalue weighted by Gasteiger charge is 2.09. The minimum Gasteiger partial charge on any atom is -0.374 e. The summed E-state index contributed by atoms with van der Waals surface area (Å²) in [6.45, 7) is 7.36. The highest BCUT2D eigenvalue weighted by atomic mass is 32.1. The third kappa shape index (κ3) is 6.85. The lowest BCUT2D eigenvalue weighted by Gasteiger charge is -2.01. The van der Waals surface area contributed by atoms with Crippen LogP contribution >= 0.6 is 22.7 Å². The summed E-state index contributed by atoms with van der Waals surface area (Å²) in [6.07, 6.45) is 9.88. The van der Waals surface area contributed by atoms with Crippen molar-refractivity contribution < 1.29 is 4.79 Å². The van der Waals surface area contributed by atoms with Crippen LogP contribution in [-0.2, 0) is 17.6 Å². The van der Waals surface area contributed by atoms with Crippen LogP contribution in [0.5, 0.6) is 0 Å². The quantitative estimate of drug-likeness (QED) is 0.449. The van der Waals surface area contributed by atoms with Crippen molar-refractivity contribution >= 4 is 38.8 Å². The molecule has 0 saturated heterocycles. The number of aromatic nitrogens is 4. The molecule has 0 aliphatic carbocycles. The van der Waals surface area contributed by atoms with Crippen LogP contribution in [0.25, 0.3) is 0 Å². The number of nitrogens with one attached hydrogen (secondary N) is 1. The SMILES string of the molecule is C=C/C=C(\C=C)CCC(=O)Nc1nnc(CCCCc2nnc(N)s2)s1. The van der Waals surface area contributed by atoms with E-state index in [1.54, 1.807) is 12.2 Å². The summed E-state index contributed by atoms with van der Waals surface area (Å²) in [4.78, 5) is 12.0. The third-order valence-corrected chi connectivity index (χ3v) is 5.17. The standard InChI is InChI=1S/C17H22N6OS2/c1-3-7-12(4-2)10-11-13(24)19-17-23-21-15(26-17)9-6-5-8-14-20-22-16(18)25-14/h3-4,7H,1-2,5-6,8-11H2,(H2,18,22)(H,19,23,24)/b12-7+. The maximum absolute atomic E-state index is 12.0. The third-order valence-electron chi connectivity index (χ3n) is 3.46. The fraction of sp³-hybridized carbons (Fsp3) is 0.353. The lowest BCUT2D eigenvalue weighted by atomic mass is 10.1. The molecule has 0 atom stereocenters. The highest BCUT2D eigenvalue weighted by Crippen LogP contribution is 2.19. The molecule has 0 bridgehead atoms. The molecule has 0 saturated carbocycles. The zero-order valence-corrected chi connectivity index (χ0v) is 16.1. The molecule has 1 amide bonds. The van der Waals surface area contributed by atoms with E-state index in [2.05, 4.69) is 38.9 Å². The second-order valence-corrected chi connectivity index (χ2v) is 7.63. The molecule has 7 nitrogen and oxygen atoms in total. The lowest BCUT2D eigenvalue weighted by Crippen LogP contribution is -2.11. The van der Waals surface area contributed by atoms with Gasteiger partial charge in [-0.25, -0.2) is 0 Å². The number of nitrogens with zero attached hydrogens (tertiary/aromatic N) is 4. The molecule has 26 heavy (non-hydrogen) atoms. The van der Waals surface area contributed by atoms with Crippen molar-refractivity contribution in [3.63, 3.8) is 0 Å². The van der Waals surface area contributed by atoms with Crippen molar-refractivity contribution in [1.82, 2.24) is 20.4 Å². The Balaban J connectivity index is 1.69. The van der Waals surface area contributed by atoms with E-state index < -0.39 is 0 Å². The average Bonchev–Trinajstić information content (AvgIpc) is 3.24. The van der Waals surface area contributed by atoms with Crippen LogP contribution in [0.15, 0.2) is 37.0 Å². The number of hydrogen-bond acceptors (Lipinski definition) is 8. The van der Waals surface area contributed by atoms with Gasteiger partial charge in [0.2, 0.25) is 16.2 Å². The number of nitrogen functional groups attached to an aromatic ring is 1. The zero-order chi connectivity index (χ0) is 18.8. The van der Waals surface area contributed by atoms with E-state index in [1.807, 2.05) is 6.08 Å². The first-order valence-corrected chi connectivity index (χ1v) is 9.88. The number of amides is 1. The van der Waals surface area contributed by atoms with E-state index in [9.17, 15) is 4.79 Å². The molecule has 2 aromatic rings. The van der Waals surface area contributed by atoms with Crippen LogP contribution < -0.4 is 11.1 Å². The molecule has 0 spiro atoms. The molecule has 2 aromatic heterocycles. The fourth-order valence-corrected chi connectivity index (χ4v) is 3.62. The second kappa shape index (κ2) is 10.6. The van der Waals surface area contributed by atoms with Gasteiger partial charge in [0.1, 0.15) is 10.0 Å². The van der Waals surface area contributed by atoms with E-state index in [0.29, 0.717) is 23.1 Å². The molecule has 2 rings (SSSR count). The first-order valence-electron chi connectivity index (χ1n) is 8.25. The van der Waals surface area contributed by atoms with Crippen LogP contribution in [0.1, 0.15) is 35.7 Å². The summed E-state index contributed by atoms with van der Waals surface area (Å²) in [7, 11) is 0. The van der Waals surface area contributed by atoms with Crippen LogP contribution in [-0.4, -0.2) is 26.3 Å². The Morgan fingerprint density at radius 2 is 1.73 bits per heavy atom. The Morgan fingerprint density at radius 1 is 1.04 bits per heavy atom. The number of allylic oxidation sites excluding steroid dienone is 4. The normalized spacial score (nSPS) is 11.3. The van der Waals surface area contributed by atoms with Gasteiger partial charge in [0, 0.05) is 19.3 Å². The van der Waals surface area contributed by atoms with Crippen molar-refractivity contribution in [3.05, 3.63) is 47.0 Å². The van der Waals surface area contributed by atoms with Gasteiger partial charge >= 0.3 is 0 Å². The first-order chi connectivity index (χ1) is 12.6. The highest BCUT2D eigenvalue weighted by molar-refractivity contribution is 7.15. The fourth-order valence-electron chi connectivity index (χ4n) is 2.17. The molecule has 0 aliphatic rings. The summed E-state index contributed by atoms with van der Waals surface area (Å²) in [5, 5.41) is 21.7. The van der Waals surface area contributed by atoms with Gasteiger partial charge in [0.25, 0.3) is 0 Å². The smallest absolute Gasteiger partial charge is 0.226 e. The summed E-state index contributed by atoms with van der Waals surface area (Å²) in [6, 6.07) is 0. The van der Waals surface area contributed by atoms with Gasteiger partial charge in [-0.15, -0.1) is 20.4 Å². The monoisotopic (exact) mass is 390 g/mol. The minimum absolute atomic E-state index is 0.0848. The molecule has 0 radical (unpaired) electrons. The Labute approximate surface area is 160 Å². The van der Waals surface area contributed by atoms with E-state index in [4.69, 9.17) is 5.73 Å². The molecular formula is C17H22N6OS2. The predicted molar refractivity (Wildman–Crippen MR) is 107 cm³/mol. The first kappa shape index (κ1) is 19.9. The number of unbranched alkanes of at least 4 members (excludes halogenated alkanes) is 1. The maximum Gasteiger partial charge on any atom is 0.226 e. The largest absolute Gasteiger partial charge is 0.374 e. The Morgan fingerprint density at radius 3 is 2.35 bits per heavy atom. The van der Waals surface area contributed by atoms with Crippen molar-refractivity contribution in [2.45, 2.75) is 38.5 Å². The number of carbonyl (C=O) groups is 1. The molecule has 9 heteroatoms. The molecule has 0 unspecified atom stereocenters. The van der Waals surface area contributed by atoms with Crippen molar-refractivity contribution in [1.29, 1.82) is 0 Å². The molecule has 0 aliphatic heterocycles. The van der Waals surface area contributed by atoms with Gasteiger partial charge < -0.3 is 11.1 Å². The van der Waals surface area contributed by atoms with Gasteiger partial charge in [-0.05, 0) is 24.8 Å². The van der Waals surface area contributed by atoms with E-state index in [1.165, 1.54) is 22.7 Å². The molecule has 138 valence electrons.